The summed E-state index contributed by atoms with van der Waals surface area (Å²) in [5, 5.41) is 6.38. The first kappa shape index (κ1) is 20.9. The Balaban J connectivity index is 0.00000312. The minimum absolute atomic E-state index is 0. The maximum Gasteiger partial charge on any atom is 0.193 e. The summed E-state index contributed by atoms with van der Waals surface area (Å²) in [6.45, 7) is 1.47. The predicted octanol–water partition coefficient (Wildman–Crippen LogP) is 3.55. The Hall–Kier alpha value is -2.16. The fourth-order valence-corrected chi connectivity index (χ4v) is 2.16. The molecule has 0 radical (unpaired) electrons. The van der Waals surface area contributed by atoms with Crippen LogP contribution in [-0.2, 0) is 0 Å². The van der Waals surface area contributed by atoms with E-state index in [4.69, 9.17) is 15.2 Å². The van der Waals surface area contributed by atoms with E-state index >= 15 is 0 Å². The second kappa shape index (κ2) is 11.4. The second-order valence-electron chi connectivity index (χ2n) is 5.10. The molecule has 0 bridgehead atoms. The molecule has 0 saturated heterocycles. The summed E-state index contributed by atoms with van der Waals surface area (Å²) in [6.07, 6.45) is 0.881. The van der Waals surface area contributed by atoms with Crippen LogP contribution in [0.5, 0.6) is 11.5 Å². The van der Waals surface area contributed by atoms with Crippen molar-refractivity contribution in [3.05, 3.63) is 48.5 Å². The molecule has 0 saturated carbocycles. The van der Waals surface area contributed by atoms with Crippen LogP contribution in [0.2, 0.25) is 0 Å². The first-order valence-electron chi connectivity index (χ1n) is 7.81. The Kier molecular flexibility index (Phi) is 9.53. The van der Waals surface area contributed by atoms with Gasteiger partial charge < -0.3 is 25.8 Å². The first-order chi connectivity index (χ1) is 11.7. The van der Waals surface area contributed by atoms with E-state index in [1.54, 1.807) is 14.2 Å². The van der Waals surface area contributed by atoms with Gasteiger partial charge in [-0.3, -0.25) is 4.99 Å². The molecule has 6 nitrogen and oxygen atoms in total. The zero-order valence-electron chi connectivity index (χ0n) is 14.5. The van der Waals surface area contributed by atoms with Crippen LogP contribution in [0.1, 0.15) is 6.42 Å². The van der Waals surface area contributed by atoms with Gasteiger partial charge in [0.1, 0.15) is 11.5 Å². The fourth-order valence-electron chi connectivity index (χ4n) is 2.16. The third-order valence-corrected chi connectivity index (χ3v) is 3.39. The summed E-state index contributed by atoms with van der Waals surface area (Å²) >= 11 is 0. The maximum atomic E-state index is 5.94. The highest BCUT2D eigenvalue weighted by molar-refractivity contribution is 14.0. The van der Waals surface area contributed by atoms with Crippen molar-refractivity contribution in [1.82, 2.24) is 0 Å². The van der Waals surface area contributed by atoms with E-state index in [0.29, 0.717) is 18.3 Å². The van der Waals surface area contributed by atoms with Crippen molar-refractivity contribution in [2.45, 2.75) is 6.42 Å². The van der Waals surface area contributed by atoms with Gasteiger partial charge in [-0.15, -0.1) is 24.0 Å². The summed E-state index contributed by atoms with van der Waals surface area (Å²) in [5.74, 6) is 1.75. The number of nitrogens with two attached hydrogens (primary N) is 1. The molecular weight excluding hydrogens is 431 g/mol. The molecule has 2 aromatic rings. The van der Waals surface area contributed by atoms with E-state index < -0.39 is 0 Å². The highest BCUT2D eigenvalue weighted by Gasteiger charge is 2.05. The van der Waals surface area contributed by atoms with E-state index in [1.807, 2.05) is 48.5 Å². The number of nitrogens with zero attached hydrogens (tertiary/aromatic N) is 1. The molecule has 0 aromatic heterocycles. The molecule has 0 fully saturated rings. The minimum Gasteiger partial charge on any atom is -0.497 e. The first-order valence-corrected chi connectivity index (χ1v) is 7.81. The van der Waals surface area contributed by atoms with Crippen LogP contribution in [0.25, 0.3) is 0 Å². The van der Waals surface area contributed by atoms with E-state index in [0.717, 1.165) is 30.1 Å². The van der Waals surface area contributed by atoms with Crippen molar-refractivity contribution < 1.29 is 9.47 Å². The highest BCUT2D eigenvalue weighted by Crippen LogP contribution is 2.28. The Morgan fingerprint density at radius 1 is 1.08 bits per heavy atom. The van der Waals surface area contributed by atoms with Crippen molar-refractivity contribution in [2.24, 2.45) is 10.7 Å². The number of guanidine groups is 1. The molecule has 0 amide bonds. The van der Waals surface area contributed by atoms with E-state index in [9.17, 15) is 0 Å². The zero-order valence-corrected chi connectivity index (χ0v) is 16.8. The number of rotatable bonds is 8. The van der Waals surface area contributed by atoms with Crippen LogP contribution >= 0.6 is 24.0 Å². The molecule has 0 atom stereocenters. The van der Waals surface area contributed by atoms with Gasteiger partial charge in [-0.2, -0.15) is 0 Å². The molecule has 4 N–H and O–H groups in total. The standard InChI is InChI=1S/C18H24N4O2.HI/c1-23-15-9-10-17(24-2)16(13-15)22-18(19)21-12-6-11-20-14-7-4-3-5-8-14;/h3-5,7-10,13,20H,6,11-12H2,1-2H3,(H3,19,21,22);1H. The third kappa shape index (κ3) is 7.08. The molecular formula is C18H25IN4O2. The molecule has 0 aliphatic carbocycles. The lowest BCUT2D eigenvalue weighted by Gasteiger charge is -2.12. The molecule has 0 aliphatic rings. The molecule has 136 valence electrons. The summed E-state index contributed by atoms with van der Waals surface area (Å²) in [4.78, 5) is 4.33. The second-order valence-corrected chi connectivity index (χ2v) is 5.10. The minimum atomic E-state index is 0. The van der Waals surface area contributed by atoms with Gasteiger partial charge in [0.2, 0.25) is 0 Å². The number of methoxy groups -OCH3 is 2. The van der Waals surface area contributed by atoms with Gasteiger partial charge in [0, 0.05) is 24.8 Å². The predicted molar refractivity (Wildman–Crippen MR) is 115 cm³/mol. The zero-order chi connectivity index (χ0) is 17.2. The number of aliphatic imine (C=N–C) groups is 1. The lowest BCUT2D eigenvalue weighted by atomic mass is 10.2. The van der Waals surface area contributed by atoms with Gasteiger partial charge >= 0.3 is 0 Å². The lowest BCUT2D eigenvalue weighted by Crippen LogP contribution is -2.23. The van der Waals surface area contributed by atoms with Gasteiger partial charge in [0.05, 0.1) is 19.9 Å². The SMILES string of the molecule is COc1ccc(OC)c(NC(N)=NCCCNc2ccccc2)c1.I. The van der Waals surface area contributed by atoms with E-state index in [-0.39, 0.29) is 24.0 Å². The van der Waals surface area contributed by atoms with E-state index in [1.165, 1.54) is 0 Å². The number of ether oxygens (including phenoxy) is 2. The van der Waals surface area contributed by atoms with Crippen LogP contribution < -0.4 is 25.8 Å². The van der Waals surface area contributed by atoms with Crippen LogP contribution in [0, 0.1) is 0 Å². The topological polar surface area (TPSA) is 80.9 Å². The van der Waals surface area contributed by atoms with Gasteiger partial charge in [0.25, 0.3) is 0 Å². The number of hydrogen-bond donors (Lipinski definition) is 3. The summed E-state index contributed by atoms with van der Waals surface area (Å²) in [7, 11) is 3.22. The van der Waals surface area contributed by atoms with Gasteiger partial charge in [0.15, 0.2) is 5.96 Å². The Bertz CT molecular complexity index is 665. The highest BCUT2D eigenvalue weighted by atomic mass is 127. The average molecular weight is 456 g/mol. The Labute approximate surface area is 165 Å². The summed E-state index contributed by atoms with van der Waals surface area (Å²) in [6, 6.07) is 15.5. The van der Waals surface area contributed by atoms with Crippen molar-refractivity contribution in [2.75, 3.05) is 37.9 Å². The number of anilines is 2. The Morgan fingerprint density at radius 3 is 2.52 bits per heavy atom. The van der Waals surface area contributed by atoms with E-state index in [2.05, 4.69) is 15.6 Å². The third-order valence-electron chi connectivity index (χ3n) is 3.39. The Morgan fingerprint density at radius 2 is 1.84 bits per heavy atom. The molecule has 0 spiro atoms. The summed E-state index contributed by atoms with van der Waals surface area (Å²) in [5.41, 5.74) is 7.76. The number of nitrogens with one attached hydrogen (secondary N) is 2. The number of benzene rings is 2. The van der Waals surface area contributed by atoms with Crippen LogP contribution in [0.4, 0.5) is 11.4 Å². The number of hydrogen-bond acceptors (Lipinski definition) is 4. The van der Waals surface area contributed by atoms with Gasteiger partial charge in [-0.1, -0.05) is 18.2 Å². The largest absolute Gasteiger partial charge is 0.497 e. The molecule has 0 unspecified atom stereocenters. The molecule has 0 heterocycles. The molecule has 25 heavy (non-hydrogen) atoms. The van der Waals surface area contributed by atoms with Crippen LogP contribution in [0.15, 0.2) is 53.5 Å². The van der Waals surface area contributed by atoms with Crippen LogP contribution in [-0.4, -0.2) is 33.3 Å². The monoisotopic (exact) mass is 456 g/mol. The molecule has 2 rings (SSSR count). The lowest BCUT2D eigenvalue weighted by molar-refractivity contribution is 0.405. The van der Waals surface area contributed by atoms with Crippen molar-refractivity contribution in [3.63, 3.8) is 0 Å². The quantitative estimate of drug-likeness (QED) is 0.245. The normalized spacial score (nSPS) is 10.6. The molecule has 0 aliphatic heterocycles. The van der Waals surface area contributed by atoms with Crippen molar-refractivity contribution in [3.8, 4) is 11.5 Å². The van der Waals surface area contributed by atoms with Crippen LogP contribution in [0.3, 0.4) is 0 Å². The fraction of sp³-hybridized carbons (Fsp3) is 0.278. The summed E-state index contributed by atoms with van der Waals surface area (Å²) < 4.78 is 10.5. The average Bonchev–Trinajstić information content (AvgIpc) is 2.62. The smallest absolute Gasteiger partial charge is 0.193 e. The van der Waals surface area contributed by atoms with Crippen molar-refractivity contribution >= 4 is 41.3 Å². The molecule has 2 aromatic carbocycles. The molecule has 7 heteroatoms. The van der Waals surface area contributed by atoms with Gasteiger partial charge in [-0.05, 0) is 30.7 Å². The maximum absolute atomic E-state index is 5.94. The number of para-hydroxylation sites is 1. The van der Waals surface area contributed by atoms with Crippen molar-refractivity contribution in [1.29, 1.82) is 0 Å². The number of halogens is 1. The van der Waals surface area contributed by atoms with Gasteiger partial charge in [-0.25, -0.2) is 0 Å².